The topological polar surface area (TPSA) is 91.9 Å². The number of benzene rings is 1. The fourth-order valence-corrected chi connectivity index (χ4v) is 1.12. The number of aromatic nitrogens is 3. The van der Waals surface area contributed by atoms with E-state index in [1.165, 1.54) is 6.33 Å². The molecule has 0 aliphatic rings. The van der Waals surface area contributed by atoms with Gasteiger partial charge in [0, 0.05) is 0 Å². The molecular weight excluding hydrogens is 222 g/mol. The Balaban J connectivity index is 1.70. The van der Waals surface area contributed by atoms with Gasteiger partial charge in [-0.2, -0.15) is 10.1 Å². The molecule has 1 heterocycles. The maximum absolute atomic E-state index is 11.3. The SMILES string of the molecule is O=C(NCOc1ccccc1)Nc1ncn[nH]1. The number of aromatic amines is 1. The second kappa shape index (κ2) is 5.50. The van der Waals surface area contributed by atoms with Crippen molar-refractivity contribution in [3.05, 3.63) is 36.7 Å². The number of urea groups is 1. The minimum atomic E-state index is -0.419. The van der Waals surface area contributed by atoms with Gasteiger partial charge in [0.15, 0.2) is 6.73 Å². The molecule has 0 atom stereocenters. The van der Waals surface area contributed by atoms with Gasteiger partial charge in [-0.25, -0.2) is 9.89 Å². The van der Waals surface area contributed by atoms with Crippen molar-refractivity contribution in [3.63, 3.8) is 0 Å². The summed E-state index contributed by atoms with van der Waals surface area (Å²) in [6.45, 7) is 0.0734. The van der Waals surface area contributed by atoms with E-state index in [2.05, 4.69) is 25.8 Å². The van der Waals surface area contributed by atoms with Gasteiger partial charge in [0.05, 0.1) is 0 Å². The van der Waals surface area contributed by atoms with E-state index in [4.69, 9.17) is 4.74 Å². The minimum Gasteiger partial charge on any atom is -0.473 e. The molecule has 88 valence electrons. The van der Waals surface area contributed by atoms with Crippen molar-refractivity contribution in [1.29, 1.82) is 0 Å². The van der Waals surface area contributed by atoms with Crippen molar-refractivity contribution < 1.29 is 9.53 Å². The summed E-state index contributed by atoms with van der Waals surface area (Å²) >= 11 is 0. The summed E-state index contributed by atoms with van der Waals surface area (Å²) in [5.41, 5.74) is 0. The molecule has 0 spiro atoms. The number of hydrogen-bond acceptors (Lipinski definition) is 4. The van der Waals surface area contributed by atoms with E-state index < -0.39 is 6.03 Å². The van der Waals surface area contributed by atoms with E-state index in [0.29, 0.717) is 5.75 Å². The molecular formula is C10H11N5O2. The van der Waals surface area contributed by atoms with Gasteiger partial charge in [0.1, 0.15) is 12.1 Å². The number of rotatable bonds is 4. The van der Waals surface area contributed by atoms with Crippen LogP contribution in [-0.2, 0) is 0 Å². The summed E-state index contributed by atoms with van der Waals surface area (Å²) in [6, 6.07) is 8.77. The van der Waals surface area contributed by atoms with Gasteiger partial charge >= 0.3 is 6.03 Å². The molecule has 0 aliphatic heterocycles. The van der Waals surface area contributed by atoms with Crippen molar-refractivity contribution in [1.82, 2.24) is 20.5 Å². The lowest BCUT2D eigenvalue weighted by molar-refractivity contribution is 0.234. The average Bonchev–Trinajstić information content (AvgIpc) is 2.83. The van der Waals surface area contributed by atoms with Crippen LogP contribution < -0.4 is 15.4 Å². The number of para-hydroxylation sites is 1. The first-order valence-corrected chi connectivity index (χ1v) is 4.92. The number of nitrogens with one attached hydrogen (secondary N) is 3. The second-order valence-corrected chi connectivity index (χ2v) is 3.07. The predicted molar refractivity (Wildman–Crippen MR) is 60.5 cm³/mol. The molecule has 2 rings (SSSR count). The van der Waals surface area contributed by atoms with E-state index >= 15 is 0 Å². The molecule has 1 aromatic carbocycles. The molecule has 0 saturated carbocycles. The zero-order valence-electron chi connectivity index (χ0n) is 8.88. The highest BCUT2D eigenvalue weighted by atomic mass is 16.5. The molecule has 0 fully saturated rings. The Labute approximate surface area is 97.2 Å². The van der Waals surface area contributed by atoms with Crippen LogP contribution in [0.1, 0.15) is 0 Å². The van der Waals surface area contributed by atoms with Gasteiger partial charge in [-0.05, 0) is 12.1 Å². The molecule has 0 bridgehead atoms. The second-order valence-electron chi connectivity index (χ2n) is 3.07. The fraction of sp³-hybridized carbons (Fsp3) is 0.100. The van der Waals surface area contributed by atoms with Gasteiger partial charge in [0.25, 0.3) is 0 Å². The summed E-state index contributed by atoms with van der Waals surface area (Å²) in [5, 5.41) is 11.1. The monoisotopic (exact) mass is 233 g/mol. The molecule has 17 heavy (non-hydrogen) atoms. The number of carbonyl (C=O) groups excluding carboxylic acids is 1. The quantitative estimate of drug-likeness (QED) is 0.686. The van der Waals surface area contributed by atoms with Gasteiger partial charge in [0.2, 0.25) is 5.95 Å². The highest BCUT2D eigenvalue weighted by Crippen LogP contribution is 2.06. The zero-order chi connectivity index (χ0) is 11.9. The number of H-pyrrole nitrogens is 1. The molecule has 2 aromatic rings. The summed E-state index contributed by atoms with van der Waals surface area (Å²) in [6.07, 6.45) is 1.30. The number of anilines is 1. The Kier molecular flexibility index (Phi) is 3.53. The molecule has 2 amide bonds. The van der Waals surface area contributed by atoms with E-state index in [1.54, 1.807) is 12.1 Å². The van der Waals surface area contributed by atoms with E-state index in [0.717, 1.165) is 0 Å². The van der Waals surface area contributed by atoms with Gasteiger partial charge in [-0.15, -0.1) is 0 Å². The number of nitrogens with zero attached hydrogens (tertiary/aromatic N) is 2. The Morgan fingerprint density at radius 3 is 2.88 bits per heavy atom. The maximum atomic E-state index is 11.3. The highest BCUT2D eigenvalue weighted by Gasteiger charge is 2.02. The summed E-state index contributed by atoms with van der Waals surface area (Å²) in [7, 11) is 0. The van der Waals surface area contributed by atoms with Crippen LogP contribution in [0.25, 0.3) is 0 Å². The Hall–Kier alpha value is -2.57. The Morgan fingerprint density at radius 2 is 2.18 bits per heavy atom. The zero-order valence-corrected chi connectivity index (χ0v) is 8.88. The number of carbonyl (C=O) groups is 1. The normalized spacial score (nSPS) is 9.65. The molecule has 3 N–H and O–H groups in total. The minimum absolute atomic E-state index is 0.0734. The largest absolute Gasteiger partial charge is 0.473 e. The molecule has 0 aliphatic carbocycles. The summed E-state index contributed by atoms with van der Waals surface area (Å²) in [5.74, 6) is 0.967. The third kappa shape index (κ3) is 3.49. The summed E-state index contributed by atoms with van der Waals surface area (Å²) < 4.78 is 5.28. The predicted octanol–water partition coefficient (Wildman–Crippen LogP) is 0.963. The first kappa shape index (κ1) is 10.9. The maximum Gasteiger partial charge on any atom is 0.324 e. The van der Waals surface area contributed by atoms with Crippen molar-refractivity contribution >= 4 is 12.0 Å². The Morgan fingerprint density at radius 1 is 1.35 bits per heavy atom. The molecule has 1 aromatic heterocycles. The van der Waals surface area contributed by atoms with Crippen molar-refractivity contribution in [3.8, 4) is 5.75 Å². The smallest absolute Gasteiger partial charge is 0.324 e. The van der Waals surface area contributed by atoms with Crippen LogP contribution in [0.2, 0.25) is 0 Å². The van der Waals surface area contributed by atoms with Crippen LogP contribution in [0, 0.1) is 0 Å². The van der Waals surface area contributed by atoms with Crippen LogP contribution in [0.5, 0.6) is 5.75 Å². The van der Waals surface area contributed by atoms with E-state index in [9.17, 15) is 4.79 Å². The van der Waals surface area contributed by atoms with Crippen molar-refractivity contribution in [2.24, 2.45) is 0 Å². The van der Waals surface area contributed by atoms with Crippen molar-refractivity contribution in [2.45, 2.75) is 0 Å². The average molecular weight is 233 g/mol. The van der Waals surface area contributed by atoms with E-state index in [-0.39, 0.29) is 12.7 Å². The molecule has 0 saturated heterocycles. The highest BCUT2D eigenvalue weighted by molar-refractivity contribution is 5.87. The standard InChI is InChI=1S/C10H11N5O2/c16-10(14-9-11-6-13-15-9)12-7-17-8-4-2-1-3-5-8/h1-6H,7H2,(H3,11,12,13,14,15,16). The third-order valence-corrected chi connectivity index (χ3v) is 1.86. The molecule has 7 heteroatoms. The first-order chi connectivity index (χ1) is 8.34. The lowest BCUT2D eigenvalue weighted by Crippen LogP contribution is -2.32. The van der Waals surface area contributed by atoms with Gasteiger partial charge in [-0.3, -0.25) is 5.32 Å². The van der Waals surface area contributed by atoms with Crippen LogP contribution >= 0.6 is 0 Å². The molecule has 0 unspecified atom stereocenters. The Bertz CT molecular complexity index is 457. The lowest BCUT2D eigenvalue weighted by atomic mass is 10.3. The van der Waals surface area contributed by atoms with Crippen LogP contribution in [0.4, 0.5) is 10.7 Å². The van der Waals surface area contributed by atoms with Crippen molar-refractivity contribution in [2.75, 3.05) is 12.0 Å². The van der Waals surface area contributed by atoms with Gasteiger partial charge in [-0.1, -0.05) is 18.2 Å². The third-order valence-electron chi connectivity index (χ3n) is 1.86. The fourth-order valence-electron chi connectivity index (χ4n) is 1.12. The van der Waals surface area contributed by atoms with Crippen LogP contribution in [0.15, 0.2) is 36.7 Å². The van der Waals surface area contributed by atoms with E-state index in [1.807, 2.05) is 18.2 Å². The molecule has 7 nitrogen and oxygen atoms in total. The number of hydrogen-bond donors (Lipinski definition) is 3. The summed E-state index contributed by atoms with van der Waals surface area (Å²) in [4.78, 5) is 15.1. The lowest BCUT2D eigenvalue weighted by Gasteiger charge is -2.07. The number of amides is 2. The number of ether oxygens (including phenoxy) is 1. The molecule has 0 radical (unpaired) electrons. The van der Waals surface area contributed by atoms with Gasteiger partial charge < -0.3 is 10.1 Å². The first-order valence-electron chi connectivity index (χ1n) is 4.92. The van der Waals surface area contributed by atoms with Crippen LogP contribution in [0.3, 0.4) is 0 Å². The van der Waals surface area contributed by atoms with Crippen LogP contribution in [-0.4, -0.2) is 27.9 Å².